The fourth-order valence-corrected chi connectivity index (χ4v) is 3.09. The zero-order valence-electron chi connectivity index (χ0n) is 12.7. The normalized spacial score (nSPS) is 18.7. The molecule has 21 heavy (non-hydrogen) atoms. The lowest BCUT2D eigenvalue weighted by molar-refractivity contribution is -0.908. The van der Waals surface area contributed by atoms with Gasteiger partial charge >= 0.3 is 0 Å². The summed E-state index contributed by atoms with van der Waals surface area (Å²) in [7, 11) is 0. The fraction of sp³-hybridized carbons (Fsp3) is 0.647. The van der Waals surface area contributed by atoms with E-state index >= 15 is 0 Å². The molecule has 1 aromatic rings. The van der Waals surface area contributed by atoms with Crippen LogP contribution in [0.25, 0.3) is 0 Å². The molecule has 0 unspecified atom stereocenters. The first kappa shape index (κ1) is 14.8. The molecule has 1 heterocycles. The SMILES string of the molecule is c1cc2c(cc1OCCOCC[NH+]1CCOCC1)CCC2. The van der Waals surface area contributed by atoms with Gasteiger partial charge in [-0.2, -0.15) is 0 Å². The van der Waals surface area contributed by atoms with Gasteiger partial charge in [-0.3, -0.25) is 0 Å². The van der Waals surface area contributed by atoms with Crippen LogP contribution in [-0.2, 0) is 22.3 Å². The maximum Gasteiger partial charge on any atom is 0.119 e. The van der Waals surface area contributed by atoms with Crippen molar-refractivity contribution in [1.29, 1.82) is 0 Å². The standard InChI is InChI=1S/C17H25NO3/c1-2-15-4-5-17(14-16(15)3-1)21-13-12-20-11-8-18-6-9-19-10-7-18/h4-5,14H,1-3,6-13H2/p+1. The van der Waals surface area contributed by atoms with Crippen molar-refractivity contribution in [1.82, 2.24) is 0 Å². The van der Waals surface area contributed by atoms with Gasteiger partial charge in [-0.25, -0.2) is 0 Å². The van der Waals surface area contributed by atoms with Crippen LogP contribution in [0, 0.1) is 0 Å². The molecule has 0 spiro atoms. The van der Waals surface area contributed by atoms with Crippen LogP contribution in [0.3, 0.4) is 0 Å². The van der Waals surface area contributed by atoms with Gasteiger partial charge in [0, 0.05) is 0 Å². The molecule has 0 bridgehead atoms. The van der Waals surface area contributed by atoms with Crippen LogP contribution < -0.4 is 9.64 Å². The van der Waals surface area contributed by atoms with Crippen molar-refractivity contribution in [2.75, 3.05) is 52.7 Å². The molecule has 0 amide bonds. The minimum atomic E-state index is 0.636. The molecule has 2 aliphatic rings. The molecular formula is C17H26NO3+. The van der Waals surface area contributed by atoms with Crippen molar-refractivity contribution >= 4 is 0 Å². The number of morpholine rings is 1. The third-order valence-electron chi connectivity index (χ3n) is 4.37. The summed E-state index contributed by atoms with van der Waals surface area (Å²) in [6, 6.07) is 6.49. The molecule has 0 radical (unpaired) electrons. The van der Waals surface area contributed by atoms with Gasteiger partial charge in [-0.05, 0) is 42.5 Å². The Labute approximate surface area is 127 Å². The van der Waals surface area contributed by atoms with Gasteiger partial charge < -0.3 is 19.1 Å². The maximum atomic E-state index is 5.77. The Morgan fingerprint density at radius 1 is 1.00 bits per heavy atom. The van der Waals surface area contributed by atoms with E-state index in [9.17, 15) is 0 Å². The molecule has 1 aliphatic heterocycles. The van der Waals surface area contributed by atoms with Crippen LogP contribution in [0.2, 0.25) is 0 Å². The number of quaternary nitrogens is 1. The van der Waals surface area contributed by atoms with Crippen LogP contribution in [0.5, 0.6) is 5.75 Å². The first-order valence-electron chi connectivity index (χ1n) is 8.15. The Hall–Kier alpha value is -1.10. The van der Waals surface area contributed by atoms with E-state index in [-0.39, 0.29) is 0 Å². The lowest BCUT2D eigenvalue weighted by Crippen LogP contribution is -3.14. The van der Waals surface area contributed by atoms with Crippen molar-refractivity contribution in [3.05, 3.63) is 29.3 Å². The van der Waals surface area contributed by atoms with Crippen LogP contribution >= 0.6 is 0 Å². The van der Waals surface area contributed by atoms with Gasteiger partial charge in [0.25, 0.3) is 0 Å². The summed E-state index contributed by atoms with van der Waals surface area (Å²) in [4.78, 5) is 1.58. The molecule has 1 N–H and O–H groups in total. The molecule has 1 saturated heterocycles. The molecule has 3 rings (SSSR count). The number of rotatable bonds is 7. The second-order valence-electron chi connectivity index (χ2n) is 5.86. The van der Waals surface area contributed by atoms with Gasteiger partial charge in [0.05, 0.1) is 26.4 Å². The number of hydrogen-bond acceptors (Lipinski definition) is 3. The Balaban J connectivity index is 1.28. The number of aryl methyl sites for hydroxylation is 2. The van der Waals surface area contributed by atoms with Gasteiger partial charge in [0.15, 0.2) is 0 Å². The molecule has 1 aliphatic carbocycles. The monoisotopic (exact) mass is 292 g/mol. The van der Waals surface area contributed by atoms with E-state index in [1.807, 2.05) is 0 Å². The topological polar surface area (TPSA) is 32.1 Å². The minimum absolute atomic E-state index is 0.636. The summed E-state index contributed by atoms with van der Waals surface area (Å²) in [6.07, 6.45) is 3.71. The Morgan fingerprint density at radius 2 is 1.86 bits per heavy atom. The second kappa shape index (κ2) is 7.78. The molecule has 4 heteroatoms. The van der Waals surface area contributed by atoms with Gasteiger partial charge in [-0.1, -0.05) is 6.07 Å². The molecule has 0 saturated carbocycles. The van der Waals surface area contributed by atoms with Gasteiger partial charge in [0.1, 0.15) is 32.0 Å². The third kappa shape index (κ3) is 4.43. The zero-order valence-corrected chi connectivity index (χ0v) is 12.7. The third-order valence-corrected chi connectivity index (χ3v) is 4.37. The van der Waals surface area contributed by atoms with E-state index in [2.05, 4.69) is 18.2 Å². The Kier molecular flexibility index (Phi) is 5.49. The predicted octanol–water partition coefficient (Wildman–Crippen LogP) is 0.486. The maximum absolute atomic E-state index is 5.77. The second-order valence-corrected chi connectivity index (χ2v) is 5.86. The summed E-state index contributed by atoms with van der Waals surface area (Å²) >= 11 is 0. The van der Waals surface area contributed by atoms with Gasteiger partial charge in [0.2, 0.25) is 0 Å². The van der Waals surface area contributed by atoms with Crippen LogP contribution in [0.15, 0.2) is 18.2 Å². The highest BCUT2D eigenvalue weighted by atomic mass is 16.5. The van der Waals surface area contributed by atoms with Crippen molar-refractivity contribution in [2.45, 2.75) is 19.3 Å². The quantitative estimate of drug-likeness (QED) is 0.742. The van der Waals surface area contributed by atoms with Crippen LogP contribution in [0.4, 0.5) is 0 Å². The smallest absolute Gasteiger partial charge is 0.119 e. The highest BCUT2D eigenvalue weighted by molar-refractivity contribution is 5.38. The van der Waals surface area contributed by atoms with E-state index in [0.717, 1.165) is 45.2 Å². The Morgan fingerprint density at radius 3 is 2.76 bits per heavy atom. The first-order valence-corrected chi connectivity index (χ1v) is 8.15. The van der Waals surface area contributed by atoms with E-state index in [0.29, 0.717) is 13.2 Å². The van der Waals surface area contributed by atoms with E-state index in [4.69, 9.17) is 14.2 Å². The number of nitrogens with one attached hydrogen (secondary N) is 1. The summed E-state index contributed by atoms with van der Waals surface area (Å²) in [5, 5.41) is 0. The summed E-state index contributed by atoms with van der Waals surface area (Å²) in [6.45, 7) is 7.17. The lowest BCUT2D eigenvalue weighted by atomic mass is 10.1. The highest BCUT2D eigenvalue weighted by Gasteiger charge is 2.13. The van der Waals surface area contributed by atoms with Crippen molar-refractivity contribution in [2.24, 2.45) is 0 Å². The van der Waals surface area contributed by atoms with Crippen LogP contribution in [-0.4, -0.2) is 52.7 Å². The largest absolute Gasteiger partial charge is 0.491 e. The van der Waals surface area contributed by atoms with Crippen LogP contribution in [0.1, 0.15) is 17.5 Å². The number of benzene rings is 1. The van der Waals surface area contributed by atoms with Crippen molar-refractivity contribution < 1.29 is 19.1 Å². The lowest BCUT2D eigenvalue weighted by Gasteiger charge is -2.23. The van der Waals surface area contributed by atoms with E-state index in [1.165, 1.54) is 30.4 Å². The minimum Gasteiger partial charge on any atom is -0.491 e. The number of fused-ring (bicyclic) bond motifs is 1. The summed E-state index contributed by atoms with van der Waals surface area (Å²) in [5.74, 6) is 0.984. The highest BCUT2D eigenvalue weighted by Crippen LogP contribution is 2.25. The fourth-order valence-electron chi connectivity index (χ4n) is 3.09. The average molecular weight is 292 g/mol. The summed E-state index contributed by atoms with van der Waals surface area (Å²) in [5.41, 5.74) is 2.96. The molecule has 116 valence electrons. The van der Waals surface area contributed by atoms with Gasteiger partial charge in [-0.15, -0.1) is 0 Å². The molecule has 1 fully saturated rings. The molecule has 1 aromatic carbocycles. The predicted molar refractivity (Wildman–Crippen MR) is 81.2 cm³/mol. The van der Waals surface area contributed by atoms with Crippen molar-refractivity contribution in [3.8, 4) is 5.75 Å². The van der Waals surface area contributed by atoms with E-state index < -0.39 is 0 Å². The zero-order chi connectivity index (χ0) is 14.3. The molecular weight excluding hydrogens is 266 g/mol. The number of hydrogen-bond donors (Lipinski definition) is 1. The molecule has 4 nitrogen and oxygen atoms in total. The number of ether oxygens (including phenoxy) is 3. The summed E-state index contributed by atoms with van der Waals surface area (Å²) < 4.78 is 16.8. The van der Waals surface area contributed by atoms with E-state index in [1.54, 1.807) is 4.90 Å². The molecule has 0 aromatic heterocycles. The first-order chi connectivity index (χ1) is 10.4. The Bertz CT molecular complexity index is 444. The van der Waals surface area contributed by atoms with Crippen molar-refractivity contribution in [3.63, 3.8) is 0 Å². The molecule has 0 atom stereocenters. The average Bonchev–Trinajstić information content (AvgIpc) is 2.99.